The fraction of sp³-hybridized carbons (Fsp3) is 0.625. The minimum atomic E-state index is -0.466. The number of benzene rings is 1. The van der Waals surface area contributed by atoms with Crippen molar-refractivity contribution < 1.29 is 9.53 Å². The van der Waals surface area contributed by atoms with Gasteiger partial charge in [-0.1, -0.05) is 29.8 Å². The Morgan fingerprint density at radius 2 is 1.83 bits per heavy atom. The van der Waals surface area contributed by atoms with Crippen LogP contribution in [0.4, 0.5) is 16.6 Å². The van der Waals surface area contributed by atoms with Gasteiger partial charge in [0.1, 0.15) is 23.1 Å². The van der Waals surface area contributed by atoms with Crippen LogP contribution in [0.3, 0.4) is 0 Å². The van der Waals surface area contributed by atoms with Crippen molar-refractivity contribution >= 4 is 29.5 Å². The summed E-state index contributed by atoms with van der Waals surface area (Å²) in [5.41, 5.74) is 1.19. The number of ether oxygens (including phenoxy) is 1. The zero-order valence-corrected chi connectivity index (χ0v) is 25.7. The second-order valence-corrected chi connectivity index (χ2v) is 14.2. The van der Waals surface area contributed by atoms with Crippen LogP contribution in [0.15, 0.2) is 30.5 Å². The average molecular weight is 592 g/mol. The number of hydrogen-bond donors (Lipinski definition) is 2. The van der Waals surface area contributed by atoms with E-state index in [1.54, 1.807) is 6.20 Å². The molecule has 4 aliphatic carbocycles. The van der Waals surface area contributed by atoms with Gasteiger partial charge < -0.3 is 20.3 Å². The number of nitrogens with one attached hydrogen (secondary N) is 2. The molecule has 2 aromatic rings. The molecule has 7 rings (SSSR count). The highest BCUT2D eigenvalue weighted by molar-refractivity contribution is 6.31. The van der Waals surface area contributed by atoms with E-state index in [1.807, 2.05) is 49.9 Å². The number of amides is 1. The minimum absolute atomic E-state index is 0.194. The Hall–Kier alpha value is -3.09. The number of carbonyl (C=O) groups excluding carboxylic acids is 1. The predicted octanol–water partition coefficient (Wildman–Crippen LogP) is 5.77. The van der Waals surface area contributed by atoms with Crippen LogP contribution in [0.5, 0.6) is 0 Å². The van der Waals surface area contributed by atoms with Crippen LogP contribution in [0.25, 0.3) is 0 Å². The molecule has 1 aromatic carbocycles. The molecule has 224 valence electrons. The van der Waals surface area contributed by atoms with Gasteiger partial charge in [0.15, 0.2) is 0 Å². The van der Waals surface area contributed by atoms with Crippen LogP contribution >= 0.6 is 11.6 Å². The van der Waals surface area contributed by atoms with E-state index in [9.17, 15) is 10.1 Å². The molecule has 10 heteroatoms. The van der Waals surface area contributed by atoms with E-state index in [0.717, 1.165) is 44.2 Å². The molecule has 2 unspecified atom stereocenters. The van der Waals surface area contributed by atoms with Crippen molar-refractivity contribution in [2.75, 3.05) is 43.4 Å². The Balaban J connectivity index is 1.08. The number of piperazine rings is 1. The highest BCUT2D eigenvalue weighted by Gasteiger charge is 2.56. The van der Waals surface area contributed by atoms with Crippen molar-refractivity contribution in [2.24, 2.45) is 23.2 Å². The Kier molecular flexibility index (Phi) is 7.97. The Morgan fingerprint density at radius 1 is 1.12 bits per heavy atom. The zero-order chi connectivity index (χ0) is 29.5. The molecule has 5 aliphatic rings. The predicted molar refractivity (Wildman–Crippen MR) is 163 cm³/mol. The van der Waals surface area contributed by atoms with Gasteiger partial charge in [-0.2, -0.15) is 10.2 Å². The molecule has 4 bridgehead atoms. The molecule has 4 saturated carbocycles. The summed E-state index contributed by atoms with van der Waals surface area (Å²) >= 11 is 6.31. The van der Waals surface area contributed by atoms with E-state index < -0.39 is 5.60 Å². The van der Waals surface area contributed by atoms with Crippen molar-refractivity contribution in [1.82, 2.24) is 19.8 Å². The topological polar surface area (TPSA) is 106 Å². The molecule has 42 heavy (non-hydrogen) atoms. The lowest BCUT2D eigenvalue weighted by molar-refractivity contribution is -0.113. The van der Waals surface area contributed by atoms with Gasteiger partial charge in [-0.3, -0.25) is 4.90 Å². The quantitative estimate of drug-likeness (QED) is 0.418. The summed E-state index contributed by atoms with van der Waals surface area (Å²) < 4.78 is 5.61. The number of nitriles is 1. The molecular formula is C32H42ClN7O2. The van der Waals surface area contributed by atoms with Gasteiger partial charge >= 0.3 is 6.09 Å². The third-order valence-corrected chi connectivity index (χ3v) is 10.0. The first kappa shape index (κ1) is 29.0. The minimum Gasteiger partial charge on any atom is -0.444 e. The number of aromatic nitrogens is 2. The number of nitrogens with zero attached hydrogens (tertiary/aromatic N) is 5. The Morgan fingerprint density at radius 3 is 2.50 bits per heavy atom. The number of carbonyl (C=O) groups is 1. The van der Waals surface area contributed by atoms with Crippen molar-refractivity contribution in [3.05, 3.63) is 46.6 Å². The third kappa shape index (κ3) is 6.16. The maximum absolute atomic E-state index is 12.6. The SMILES string of the molecule is CC(C)(C)OC(=O)N1CCN(C2[C@@H]3CC4C[C@H]2C[C@@](CNc2nc(NCc5ccccc5Cl)ncc2C#N)(C4)C3)CC1. The molecule has 2 N–H and O–H groups in total. The average Bonchev–Trinajstić information content (AvgIpc) is 2.95. The van der Waals surface area contributed by atoms with E-state index in [-0.39, 0.29) is 11.5 Å². The van der Waals surface area contributed by atoms with Gasteiger partial charge in [0.2, 0.25) is 5.95 Å². The third-order valence-electron chi connectivity index (χ3n) is 9.67. The lowest BCUT2D eigenvalue weighted by Gasteiger charge is -2.62. The summed E-state index contributed by atoms with van der Waals surface area (Å²) in [6, 6.07) is 10.6. The summed E-state index contributed by atoms with van der Waals surface area (Å²) in [4.78, 5) is 26.2. The number of halogens is 1. The monoisotopic (exact) mass is 591 g/mol. The van der Waals surface area contributed by atoms with Gasteiger partial charge in [-0.25, -0.2) is 9.78 Å². The molecule has 0 radical (unpaired) electrons. The van der Waals surface area contributed by atoms with Gasteiger partial charge in [-0.15, -0.1) is 0 Å². The summed E-state index contributed by atoms with van der Waals surface area (Å²) in [7, 11) is 0. The number of hydrogen-bond acceptors (Lipinski definition) is 8. The Labute approximate surface area is 254 Å². The van der Waals surface area contributed by atoms with Crippen LogP contribution in [-0.4, -0.2) is 70.2 Å². The van der Waals surface area contributed by atoms with E-state index in [0.29, 0.717) is 46.8 Å². The van der Waals surface area contributed by atoms with Gasteiger partial charge in [0.25, 0.3) is 0 Å². The van der Waals surface area contributed by atoms with Gasteiger partial charge in [-0.05, 0) is 87.7 Å². The molecule has 5 atom stereocenters. The lowest BCUT2D eigenvalue weighted by Crippen LogP contribution is -2.63. The molecular weight excluding hydrogens is 550 g/mol. The molecule has 1 saturated heterocycles. The largest absolute Gasteiger partial charge is 0.444 e. The van der Waals surface area contributed by atoms with Crippen LogP contribution in [0.2, 0.25) is 5.02 Å². The van der Waals surface area contributed by atoms with Crippen molar-refractivity contribution in [3.8, 4) is 6.07 Å². The molecule has 0 spiro atoms. The number of anilines is 2. The maximum Gasteiger partial charge on any atom is 0.410 e. The first-order valence-electron chi connectivity index (χ1n) is 15.3. The van der Waals surface area contributed by atoms with E-state index >= 15 is 0 Å². The molecule has 5 fully saturated rings. The first-order chi connectivity index (χ1) is 20.1. The summed E-state index contributed by atoms with van der Waals surface area (Å²) in [5, 5.41) is 17.3. The zero-order valence-electron chi connectivity index (χ0n) is 24.9. The number of rotatable bonds is 7. The van der Waals surface area contributed by atoms with E-state index in [4.69, 9.17) is 16.3 Å². The highest BCUT2D eigenvalue weighted by atomic mass is 35.5. The standard InChI is InChI=1S/C32H42ClN7O2/c1-31(2,3)42-30(41)40-10-8-39(9-11-40)27-23-12-21-13-24(27)16-32(14-21,15-23)20-37-28-25(17-34)19-36-29(38-28)35-18-22-6-4-5-7-26(22)33/h4-7,19,21,23-24,27H,8-16,18,20H2,1-3H3,(H2,35,36,37,38)/t21?,23-,24+,27?,32-. The van der Waals surface area contributed by atoms with Crippen molar-refractivity contribution in [1.29, 1.82) is 5.26 Å². The normalized spacial score (nSPS) is 28.8. The summed E-state index contributed by atoms with van der Waals surface area (Å²) in [6.45, 7) is 10.4. The lowest BCUT2D eigenvalue weighted by atomic mass is 9.47. The van der Waals surface area contributed by atoms with Gasteiger partial charge in [0, 0.05) is 50.3 Å². The van der Waals surface area contributed by atoms with Crippen LogP contribution in [0.1, 0.15) is 64.0 Å². The fourth-order valence-corrected chi connectivity index (χ4v) is 8.48. The van der Waals surface area contributed by atoms with Crippen LogP contribution in [0, 0.1) is 34.5 Å². The van der Waals surface area contributed by atoms with E-state index in [2.05, 4.69) is 31.6 Å². The second kappa shape index (κ2) is 11.5. The Bertz CT molecular complexity index is 1330. The van der Waals surface area contributed by atoms with Crippen LogP contribution < -0.4 is 10.6 Å². The first-order valence-corrected chi connectivity index (χ1v) is 15.7. The summed E-state index contributed by atoms with van der Waals surface area (Å²) in [5.74, 6) is 3.21. The molecule has 2 heterocycles. The fourth-order valence-electron chi connectivity index (χ4n) is 8.28. The second-order valence-electron chi connectivity index (χ2n) is 13.8. The smallest absolute Gasteiger partial charge is 0.410 e. The van der Waals surface area contributed by atoms with Crippen molar-refractivity contribution in [3.63, 3.8) is 0 Å². The van der Waals surface area contributed by atoms with Crippen LogP contribution in [-0.2, 0) is 11.3 Å². The maximum atomic E-state index is 12.6. The van der Waals surface area contributed by atoms with Crippen molar-refractivity contribution in [2.45, 2.75) is 71.1 Å². The van der Waals surface area contributed by atoms with Gasteiger partial charge in [0.05, 0.1) is 6.20 Å². The molecule has 1 aliphatic heterocycles. The molecule has 9 nitrogen and oxygen atoms in total. The molecule has 1 amide bonds. The molecule has 1 aromatic heterocycles. The highest BCUT2D eigenvalue weighted by Crippen LogP contribution is 2.61. The van der Waals surface area contributed by atoms with E-state index in [1.165, 1.54) is 32.1 Å². The summed E-state index contributed by atoms with van der Waals surface area (Å²) in [6.07, 6.45) is 7.67.